The second-order valence-corrected chi connectivity index (χ2v) is 5.13. The summed E-state index contributed by atoms with van der Waals surface area (Å²) in [6.07, 6.45) is 6.18. The number of hydroxylamine groups is 2. The first-order chi connectivity index (χ1) is 8.59. The van der Waals surface area contributed by atoms with E-state index in [9.17, 15) is 4.79 Å². The highest BCUT2D eigenvalue weighted by Gasteiger charge is 2.30. The normalized spacial score (nSPS) is 19.2. The molecule has 0 radical (unpaired) electrons. The average Bonchev–Trinajstić information content (AvgIpc) is 2.52. The topological polar surface area (TPSA) is 29.5 Å². The molecule has 0 bridgehead atoms. The Labute approximate surface area is 108 Å². The lowest BCUT2D eigenvalue weighted by molar-refractivity contribution is -0.161. The number of carbonyl (C=O) groups excluding carboxylic acids is 1. The van der Waals surface area contributed by atoms with E-state index in [1.165, 1.54) is 0 Å². The van der Waals surface area contributed by atoms with E-state index in [0.717, 1.165) is 12.8 Å². The Morgan fingerprint density at radius 1 is 1.22 bits per heavy atom. The van der Waals surface area contributed by atoms with Crippen molar-refractivity contribution in [2.24, 2.45) is 0 Å². The van der Waals surface area contributed by atoms with Crippen molar-refractivity contribution < 1.29 is 9.63 Å². The van der Waals surface area contributed by atoms with E-state index in [2.05, 4.69) is 19.9 Å². The molecule has 18 heavy (non-hydrogen) atoms. The molecule has 3 nitrogen and oxygen atoms in total. The van der Waals surface area contributed by atoms with Gasteiger partial charge in [0.15, 0.2) is 0 Å². The van der Waals surface area contributed by atoms with Crippen LogP contribution >= 0.6 is 0 Å². The number of nitrogens with zero attached hydrogens (tertiary/aromatic N) is 1. The summed E-state index contributed by atoms with van der Waals surface area (Å²) in [4.78, 5) is 17.5. The smallest absolute Gasteiger partial charge is 0.357 e. The first-order valence-electron chi connectivity index (χ1n) is 6.29. The van der Waals surface area contributed by atoms with E-state index in [-0.39, 0.29) is 11.5 Å². The average molecular weight is 245 g/mol. The summed E-state index contributed by atoms with van der Waals surface area (Å²) in [5.74, 6) is -0.293. The predicted molar refractivity (Wildman–Crippen MR) is 71.0 cm³/mol. The summed E-state index contributed by atoms with van der Waals surface area (Å²) in [6.45, 7) is 4.84. The van der Waals surface area contributed by atoms with Crippen molar-refractivity contribution in [3.8, 4) is 0 Å². The lowest BCUT2D eigenvalue weighted by Crippen LogP contribution is -2.44. The Bertz CT molecular complexity index is 437. The summed E-state index contributed by atoms with van der Waals surface area (Å²) in [6, 6.07) is 9.09. The SMILES string of the molecule is CC1(C)CCC=CCN1OC(=O)c1ccccc1. The van der Waals surface area contributed by atoms with Crippen LogP contribution in [0, 0.1) is 0 Å². The molecule has 0 spiro atoms. The molecule has 0 saturated carbocycles. The van der Waals surface area contributed by atoms with Gasteiger partial charge in [-0.15, -0.1) is 5.06 Å². The molecule has 0 aromatic heterocycles. The van der Waals surface area contributed by atoms with Gasteiger partial charge < -0.3 is 4.84 Å². The monoisotopic (exact) mass is 245 g/mol. The van der Waals surface area contributed by atoms with Crippen LogP contribution in [0.4, 0.5) is 0 Å². The van der Waals surface area contributed by atoms with Gasteiger partial charge in [0.05, 0.1) is 17.6 Å². The van der Waals surface area contributed by atoms with Crippen LogP contribution in [0.2, 0.25) is 0 Å². The van der Waals surface area contributed by atoms with Gasteiger partial charge in [0, 0.05) is 0 Å². The maximum Gasteiger partial charge on any atom is 0.357 e. The summed E-state index contributed by atoms with van der Waals surface area (Å²) in [7, 11) is 0. The maximum absolute atomic E-state index is 12.0. The molecule has 0 unspecified atom stereocenters. The van der Waals surface area contributed by atoms with Crippen LogP contribution in [0.15, 0.2) is 42.5 Å². The summed E-state index contributed by atoms with van der Waals surface area (Å²) in [5, 5.41) is 1.77. The number of allylic oxidation sites excluding steroid dienone is 1. The van der Waals surface area contributed by atoms with Crippen LogP contribution in [0.1, 0.15) is 37.0 Å². The fraction of sp³-hybridized carbons (Fsp3) is 0.400. The van der Waals surface area contributed by atoms with Crippen LogP contribution in [-0.4, -0.2) is 23.1 Å². The molecule has 1 aliphatic heterocycles. The second kappa shape index (κ2) is 5.36. The molecule has 3 heteroatoms. The van der Waals surface area contributed by atoms with E-state index < -0.39 is 0 Å². The van der Waals surface area contributed by atoms with Crippen molar-refractivity contribution in [3.63, 3.8) is 0 Å². The molecule has 0 amide bonds. The minimum absolute atomic E-state index is 0.131. The number of carbonyl (C=O) groups is 1. The predicted octanol–water partition coefficient (Wildman–Crippen LogP) is 3.19. The molecular formula is C15H19NO2. The fourth-order valence-electron chi connectivity index (χ4n) is 1.98. The first-order valence-corrected chi connectivity index (χ1v) is 6.29. The van der Waals surface area contributed by atoms with Gasteiger partial charge in [-0.25, -0.2) is 4.79 Å². The van der Waals surface area contributed by atoms with Gasteiger partial charge in [0.1, 0.15) is 0 Å². The van der Waals surface area contributed by atoms with Gasteiger partial charge >= 0.3 is 5.97 Å². The zero-order valence-corrected chi connectivity index (χ0v) is 10.9. The molecule has 0 N–H and O–H groups in total. The molecule has 1 heterocycles. The molecule has 1 aromatic carbocycles. The Balaban J connectivity index is 2.08. The van der Waals surface area contributed by atoms with Gasteiger partial charge in [-0.05, 0) is 38.8 Å². The molecule has 1 aliphatic rings. The maximum atomic E-state index is 12.0. The fourth-order valence-corrected chi connectivity index (χ4v) is 1.98. The molecule has 0 aliphatic carbocycles. The largest absolute Gasteiger partial charge is 0.363 e. The van der Waals surface area contributed by atoms with Crippen LogP contribution in [0.5, 0.6) is 0 Å². The standard InChI is InChI=1S/C15H19NO2/c1-15(2)11-7-4-8-12-16(15)18-14(17)13-9-5-3-6-10-13/h3-6,8-10H,7,11-12H2,1-2H3. The number of rotatable bonds is 2. The Morgan fingerprint density at radius 2 is 1.94 bits per heavy atom. The second-order valence-electron chi connectivity index (χ2n) is 5.13. The minimum atomic E-state index is -0.293. The zero-order chi connectivity index (χ0) is 13.0. The molecule has 2 rings (SSSR count). The summed E-state index contributed by atoms with van der Waals surface area (Å²) < 4.78 is 0. The number of benzene rings is 1. The first kappa shape index (κ1) is 12.8. The van der Waals surface area contributed by atoms with E-state index in [1.54, 1.807) is 17.2 Å². The van der Waals surface area contributed by atoms with Gasteiger partial charge in [0.2, 0.25) is 0 Å². The number of hydrogen-bond donors (Lipinski definition) is 0. The van der Waals surface area contributed by atoms with E-state index in [4.69, 9.17) is 4.84 Å². The molecule has 96 valence electrons. The van der Waals surface area contributed by atoms with Crippen molar-refractivity contribution in [2.75, 3.05) is 6.54 Å². The lowest BCUT2D eigenvalue weighted by Gasteiger charge is -2.34. The zero-order valence-electron chi connectivity index (χ0n) is 10.9. The highest BCUT2D eigenvalue weighted by atomic mass is 16.7. The molecule has 0 atom stereocenters. The van der Waals surface area contributed by atoms with E-state index >= 15 is 0 Å². The summed E-state index contributed by atoms with van der Waals surface area (Å²) in [5.41, 5.74) is 0.454. The van der Waals surface area contributed by atoms with Crippen molar-refractivity contribution >= 4 is 5.97 Å². The summed E-state index contributed by atoms with van der Waals surface area (Å²) >= 11 is 0. The Morgan fingerprint density at radius 3 is 2.67 bits per heavy atom. The third-order valence-corrected chi connectivity index (χ3v) is 3.24. The van der Waals surface area contributed by atoms with Crippen molar-refractivity contribution in [2.45, 2.75) is 32.2 Å². The molecule has 0 saturated heterocycles. The molecule has 1 aromatic rings. The lowest BCUT2D eigenvalue weighted by atomic mass is 9.99. The van der Waals surface area contributed by atoms with Crippen LogP contribution in [0.3, 0.4) is 0 Å². The molecule has 0 fully saturated rings. The van der Waals surface area contributed by atoms with Gasteiger partial charge in [0.25, 0.3) is 0 Å². The van der Waals surface area contributed by atoms with Crippen LogP contribution in [0.25, 0.3) is 0 Å². The third-order valence-electron chi connectivity index (χ3n) is 3.24. The van der Waals surface area contributed by atoms with Gasteiger partial charge in [-0.2, -0.15) is 0 Å². The van der Waals surface area contributed by atoms with E-state index in [1.807, 2.05) is 24.3 Å². The van der Waals surface area contributed by atoms with Crippen molar-refractivity contribution in [1.29, 1.82) is 0 Å². The molecular weight excluding hydrogens is 226 g/mol. The van der Waals surface area contributed by atoms with E-state index in [0.29, 0.717) is 12.1 Å². The minimum Gasteiger partial charge on any atom is -0.363 e. The Hall–Kier alpha value is -1.61. The highest BCUT2D eigenvalue weighted by molar-refractivity contribution is 5.89. The Kier molecular flexibility index (Phi) is 3.82. The van der Waals surface area contributed by atoms with Gasteiger partial charge in [-0.3, -0.25) is 0 Å². The van der Waals surface area contributed by atoms with Crippen LogP contribution < -0.4 is 0 Å². The quantitative estimate of drug-likeness (QED) is 0.749. The number of hydrogen-bond acceptors (Lipinski definition) is 3. The van der Waals surface area contributed by atoms with Crippen LogP contribution in [-0.2, 0) is 4.84 Å². The van der Waals surface area contributed by atoms with Crippen molar-refractivity contribution in [3.05, 3.63) is 48.0 Å². The van der Waals surface area contributed by atoms with Crippen molar-refractivity contribution in [1.82, 2.24) is 5.06 Å². The highest BCUT2D eigenvalue weighted by Crippen LogP contribution is 2.24. The third kappa shape index (κ3) is 2.99. The van der Waals surface area contributed by atoms with Gasteiger partial charge in [-0.1, -0.05) is 30.4 Å².